The van der Waals surface area contributed by atoms with E-state index in [4.69, 9.17) is 0 Å². The minimum absolute atomic E-state index is 0.0940. The highest BCUT2D eigenvalue weighted by atomic mass is 32.2. The molecule has 0 spiro atoms. The highest BCUT2D eigenvalue weighted by molar-refractivity contribution is 7.98. The van der Waals surface area contributed by atoms with E-state index < -0.39 is 0 Å². The summed E-state index contributed by atoms with van der Waals surface area (Å²) in [6.45, 7) is 6.08. The summed E-state index contributed by atoms with van der Waals surface area (Å²) in [5.41, 5.74) is 3.08. The van der Waals surface area contributed by atoms with Crippen LogP contribution in [-0.2, 0) is 11.2 Å². The fraction of sp³-hybridized carbons (Fsp3) is 0.421. The summed E-state index contributed by atoms with van der Waals surface area (Å²) in [6, 6.07) is 7.87. The fourth-order valence-corrected chi connectivity index (χ4v) is 3.11. The van der Waals surface area contributed by atoms with Gasteiger partial charge in [0.15, 0.2) is 5.16 Å². The summed E-state index contributed by atoms with van der Waals surface area (Å²) in [5, 5.41) is 3.58. The van der Waals surface area contributed by atoms with Crippen molar-refractivity contribution in [2.45, 2.75) is 51.1 Å². The number of amides is 1. The smallest absolute Gasteiger partial charge is 0.254 e. The maximum atomic E-state index is 12.3. The molecule has 6 heteroatoms. The molecule has 5 nitrogen and oxygen atoms in total. The Bertz CT molecular complexity index is 801. The van der Waals surface area contributed by atoms with Crippen LogP contribution in [0.2, 0.25) is 0 Å². The number of H-pyrrole nitrogens is 1. The van der Waals surface area contributed by atoms with Gasteiger partial charge >= 0.3 is 0 Å². The Labute approximate surface area is 152 Å². The lowest BCUT2D eigenvalue weighted by Crippen LogP contribution is -2.20. The summed E-state index contributed by atoms with van der Waals surface area (Å²) in [4.78, 5) is 31.6. The van der Waals surface area contributed by atoms with E-state index in [1.807, 2.05) is 30.5 Å². The molecule has 1 atom stereocenters. The van der Waals surface area contributed by atoms with E-state index in [9.17, 15) is 9.59 Å². The lowest BCUT2D eigenvalue weighted by Gasteiger charge is -2.15. The van der Waals surface area contributed by atoms with Crippen LogP contribution < -0.4 is 10.9 Å². The van der Waals surface area contributed by atoms with Crippen LogP contribution >= 0.6 is 11.8 Å². The van der Waals surface area contributed by atoms with Gasteiger partial charge in [-0.1, -0.05) is 43.8 Å². The molecular weight excluding hydrogens is 334 g/mol. The number of carbonyl (C=O) groups excluding carboxylic acids is 1. The number of aromatic amines is 1. The van der Waals surface area contributed by atoms with Gasteiger partial charge in [0.05, 0.1) is 0 Å². The number of nitrogens with one attached hydrogen (secondary N) is 2. The summed E-state index contributed by atoms with van der Waals surface area (Å²) in [7, 11) is 0. The molecule has 0 fully saturated rings. The van der Waals surface area contributed by atoms with Crippen molar-refractivity contribution in [2.24, 2.45) is 0 Å². The number of hydrogen-bond acceptors (Lipinski definition) is 4. The topological polar surface area (TPSA) is 74.8 Å². The van der Waals surface area contributed by atoms with Crippen LogP contribution in [-0.4, -0.2) is 22.1 Å². The number of aromatic nitrogens is 2. The zero-order valence-electron chi connectivity index (χ0n) is 15.2. The second-order valence-corrected chi connectivity index (χ2v) is 6.88. The van der Waals surface area contributed by atoms with Gasteiger partial charge in [0.25, 0.3) is 5.56 Å². The van der Waals surface area contributed by atoms with E-state index in [2.05, 4.69) is 29.1 Å². The molecule has 0 radical (unpaired) electrons. The molecule has 2 aromatic rings. The van der Waals surface area contributed by atoms with Crippen molar-refractivity contribution in [1.82, 2.24) is 9.97 Å². The van der Waals surface area contributed by atoms with Gasteiger partial charge in [0, 0.05) is 23.4 Å². The van der Waals surface area contributed by atoms with Crippen LogP contribution in [0.3, 0.4) is 0 Å². The molecular formula is C19H25N3O2S. The Morgan fingerprint density at radius 1 is 1.36 bits per heavy atom. The second-order valence-electron chi connectivity index (χ2n) is 6.08. The highest BCUT2D eigenvalue weighted by Gasteiger charge is 2.13. The molecule has 1 aromatic carbocycles. The van der Waals surface area contributed by atoms with Gasteiger partial charge in [0.1, 0.15) is 0 Å². The van der Waals surface area contributed by atoms with Gasteiger partial charge < -0.3 is 10.3 Å². The molecule has 1 heterocycles. The third-order valence-corrected chi connectivity index (χ3v) is 4.95. The first-order chi connectivity index (χ1) is 12.0. The molecule has 0 aliphatic rings. The molecule has 2 N–H and O–H groups in total. The van der Waals surface area contributed by atoms with Crippen molar-refractivity contribution < 1.29 is 4.79 Å². The van der Waals surface area contributed by atoms with Crippen molar-refractivity contribution >= 4 is 23.4 Å². The number of rotatable bonds is 7. The molecule has 0 saturated carbocycles. The molecule has 134 valence electrons. The number of benzene rings is 1. The van der Waals surface area contributed by atoms with Gasteiger partial charge in [-0.15, -0.1) is 0 Å². The second kappa shape index (κ2) is 8.85. The Balaban J connectivity index is 2.07. The number of aryl methyl sites for hydroxylation is 1. The molecule has 1 amide bonds. The number of hydrogen-bond donors (Lipinski definition) is 2. The molecule has 0 aliphatic carbocycles. The monoisotopic (exact) mass is 359 g/mol. The van der Waals surface area contributed by atoms with Crippen LogP contribution in [0.15, 0.2) is 34.2 Å². The third-order valence-electron chi connectivity index (χ3n) is 4.37. The lowest BCUT2D eigenvalue weighted by molar-refractivity contribution is -0.116. The van der Waals surface area contributed by atoms with Crippen LogP contribution in [0.25, 0.3) is 0 Å². The average Bonchev–Trinajstić information content (AvgIpc) is 2.60. The van der Waals surface area contributed by atoms with Gasteiger partial charge in [-0.25, -0.2) is 4.98 Å². The quantitative estimate of drug-likeness (QED) is 0.581. The summed E-state index contributed by atoms with van der Waals surface area (Å²) < 4.78 is 0. The van der Waals surface area contributed by atoms with E-state index in [0.29, 0.717) is 28.8 Å². The summed E-state index contributed by atoms with van der Waals surface area (Å²) >= 11 is 1.39. The van der Waals surface area contributed by atoms with Crippen LogP contribution in [0, 0.1) is 6.92 Å². The van der Waals surface area contributed by atoms with Crippen molar-refractivity contribution in [3.05, 3.63) is 51.4 Å². The largest absolute Gasteiger partial charge is 0.326 e. The van der Waals surface area contributed by atoms with E-state index in [1.165, 1.54) is 11.8 Å². The number of carbonyl (C=O) groups is 1. The zero-order valence-corrected chi connectivity index (χ0v) is 16.0. The van der Waals surface area contributed by atoms with E-state index in [0.717, 1.165) is 17.7 Å². The van der Waals surface area contributed by atoms with Gasteiger partial charge in [0.2, 0.25) is 5.91 Å². The first-order valence-corrected chi connectivity index (χ1v) is 9.71. The molecule has 0 saturated heterocycles. The number of thioether (sulfide) groups is 1. The summed E-state index contributed by atoms with van der Waals surface area (Å²) in [5.74, 6) is 0.286. The maximum Gasteiger partial charge on any atom is 0.254 e. The normalized spacial score (nSPS) is 12.0. The Morgan fingerprint density at radius 2 is 2.08 bits per heavy atom. The Kier molecular flexibility index (Phi) is 6.82. The van der Waals surface area contributed by atoms with Crippen molar-refractivity contribution in [2.75, 3.05) is 11.6 Å². The SMILES string of the molecule is CC[C@H](C)c1ccccc1NC(=O)CCc1c(C)nc(SC)[nH]c1=O. The predicted octanol–water partition coefficient (Wildman–Crippen LogP) is 3.89. The third kappa shape index (κ3) is 4.95. The minimum atomic E-state index is -0.162. The van der Waals surface area contributed by atoms with Crippen molar-refractivity contribution in [3.63, 3.8) is 0 Å². The highest BCUT2D eigenvalue weighted by Crippen LogP contribution is 2.26. The average molecular weight is 359 g/mol. The van der Waals surface area contributed by atoms with Crippen LogP contribution in [0.4, 0.5) is 5.69 Å². The molecule has 2 rings (SSSR count). The number of nitrogens with zero attached hydrogens (tertiary/aromatic N) is 1. The van der Waals surface area contributed by atoms with Crippen molar-refractivity contribution in [1.29, 1.82) is 0 Å². The zero-order chi connectivity index (χ0) is 18.4. The molecule has 25 heavy (non-hydrogen) atoms. The standard InChI is InChI=1S/C19H25N3O2S/c1-5-12(2)14-8-6-7-9-16(14)21-17(23)11-10-15-13(3)20-19(25-4)22-18(15)24/h6-9,12H,5,10-11H2,1-4H3,(H,21,23)(H,20,22,24)/t12-/m0/s1. The van der Waals surface area contributed by atoms with Gasteiger partial charge in [-0.2, -0.15) is 0 Å². The number of anilines is 1. The number of para-hydroxylation sites is 1. The van der Waals surface area contributed by atoms with Crippen LogP contribution in [0.1, 0.15) is 49.4 Å². The van der Waals surface area contributed by atoms with Crippen LogP contribution in [0.5, 0.6) is 0 Å². The first-order valence-electron chi connectivity index (χ1n) is 8.48. The first kappa shape index (κ1) is 19.2. The van der Waals surface area contributed by atoms with E-state index >= 15 is 0 Å². The molecule has 0 bridgehead atoms. The fourth-order valence-electron chi connectivity index (χ4n) is 2.69. The Morgan fingerprint density at radius 3 is 2.72 bits per heavy atom. The van der Waals surface area contributed by atoms with E-state index in [1.54, 1.807) is 6.92 Å². The van der Waals surface area contributed by atoms with Crippen molar-refractivity contribution in [3.8, 4) is 0 Å². The molecule has 0 unspecified atom stereocenters. The van der Waals surface area contributed by atoms with Gasteiger partial charge in [-0.05, 0) is 43.6 Å². The Hall–Kier alpha value is -2.08. The van der Waals surface area contributed by atoms with E-state index in [-0.39, 0.29) is 17.9 Å². The molecule has 1 aromatic heterocycles. The molecule has 0 aliphatic heterocycles. The minimum Gasteiger partial charge on any atom is -0.326 e. The predicted molar refractivity (Wildman–Crippen MR) is 103 cm³/mol. The summed E-state index contributed by atoms with van der Waals surface area (Å²) in [6.07, 6.45) is 3.49. The maximum absolute atomic E-state index is 12.3. The lowest BCUT2D eigenvalue weighted by atomic mass is 9.97. The van der Waals surface area contributed by atoms with Gasteiger partial charge in [-0.3, -0.25) is 9.59 Å².